The number of aromatic nitrogens is 5. The zero-order chi connectivity index (χ0) is 31.7. The van der Waals surface area contributed by atoms with Gasteiger partial charge in [-0.3, -0.25) is 14.3 Å². The standard InChI is InChI=1S/C30H30F4N8O3/c1-45-24-13-19(31)16-35-29(24)39-9-11-40(12-10-39)30(44)23-15-21-22(28(33)34)14-20(26(32)27(21)37-23)18-3-2-6-41(17-18)25(43)4-7-42-8-5-36-38-42/h3,5,8,13-16,28,37H,2,4,6-7,9-12,17H2,1H3. The van der Waals surface area contributed by atoms with Crippen LogP contribution in [0.4, 0.5) is 23.4 Å². The first-order valence-corrected chi connectivity index (χ1v) is 14.4. The lowest BCUT2D eigenvalue weighted by atomic mass is 9.96. The van der Waals surface area contributed by atoms with Crippen LogP contribution in [0.1, 0.15) is 40.9 Å². The number of benzene rings is 1. The molecule has 6 rings (SSSR count). The molecular formula is C30H30F4N8O3. The normalized spacial score (nSPS) is 15.6. The van der Waals surface area contributed by atoms with Crippen molar-refractivity contribution in [2.24, 2.45) is 0 Å². The number of methoxy groups -OCH3 is 1. The molecule has 0 bridgehead atoms. The molecule has 0 saturated carbocycles. The van der Waals surface area contributed by atoms with Crippen LogP contribution in [-0.2, 0) is 11.3 Å². The largest absolute Gasteiger partial charge is 0.493 e. The summed E-state index contributed by atoms with van der Waals surface area (Å²) in [6.45, 7) is 2.07. The van der Waals surface area contributed by atoms with Gasteiger partial charge in [0.2, 0.25) is 5.91 Å². The van der Waals surface area contributed by atoms with Gasteiger partial charge in [0, 0.05) is 74.5 Å². The Kier molecular flexibility index (Phi) is 8.41. The Morgan fingerprint density at radius 3 is 2.58 bits per heavy atom. The molecule has 15 heteroatoms. The predicted octanol–water partition coefficient (Wildman–Crippen LogP) is 4.05. The van der Waals surface area contributed by atoms with E-state index < -0.39 is 29.5 Å². The minimum Gasteiger partial charge on any atom is -0.493 e. The maximum absolute atomic E-state index is 16.0. The summed E-state index contributed by atoms with van der Waals surface area (Å²) in [5.41, 5.74) is -0.245. The lowest BCUT2D eigenvalue weighted by Gasteiger charge is -2.35. The summed E-state index contributed by atoms with van der Waals surface area (Å²) in [4.78, 5) is 38.1. The first kappa shape index (κ1) is 30.1. The highest BCUT2D eigenvalue weighted by molar-refractivity contribution is 6.00. The molecule has 1 fully saturated rings. The molecule has 0 aliphatic carbocycles. The van der Waals surface area contributed by atoms with E-state index in [0.29, 0.717) is 44.0 Å². The van der Waals surface area contributed by atoms with Crippen LogP contribution in [0, 0.1) is 11.6 Å². The smallest absolute Gasteiger partial charge is 0.270 e. The Morgan fingerprint density at radius 2 is 1.87 bits per heavy atom. The van der Waals surface area contributed by atoms with E-state index in [2.05, 4.69) is 20.3 Å². The molecule has 236 valence electrons. The highest BCUT2D eigenvalue weighted by Crippen LogP contribution is 2.36. The van der Waals surface area contributed by atoms with Gasteiger partial charge in [0.05, 0.1) is 31.6 Å². The van der Waals surface area contributed by atoms with E-state index in [1.165, 1.54) is 35.0 Å². The van der Waals surface area contributed by atoms with Crippen molar-refractivity contribution in [2.45, 2.75) is 25.8 Å². The number of pyridine rings is 1. The fourth-order valence-corrected chi connectivity index (χ4v) is 5.78. The number of carbonyl (C=O) groups excluding carboxylic acids is 2. The third kappa shape index (κ3) is 6.06. The minimum absolute atomic E-state index is 0.0172. The van der Waals surface area contributed by atoms with Crippen LogP contribution in [-0.4, -0.2) is 93.0 Å². The second-order valence-electron chi connectivity index (χ2n) is 10.8. The molecule has 3 aromatic heterocycles. The van der Waals surface area contributed by atoms with Crippen molar-refractivity contribution in [1.82, 2.24) is 34.8 Å². The van der Waals surface area contributed by atoms with Crippen molar-refractivity contribution < 1.29 is 31.9 Å². The Morgan fingerprint density at radius 1 is 1.07 bits per heavy atom. The molecule has 0 radical (unpaired) electrons. The summed E-state index contributed by atoms with van der Waals surface area (Å²) in [6, 6.07) is 3.60. The number of carbonyl (C=O) groups is 2. The highest BCUT2D eigenvalue weighted by atomic mass is 19.3. The van der Waals surface area contributed by atoms with Gasteiger partial charge >= 0.3 is 0 Å². The van der Waals surface area contributed by atoms with E-state index in [4.69, 9.17) is 4.74 Å². The third-order valence-corrected chi connectivity index (χ3v) is 8.11. The van der Waals surface area contributed by atoms with Gasteiger partial charge in [0.25, 0.3) is 12.3 Å². The number of aromatic amines is 1. The van der Waals surface area contributed by atoms with E-state index in [1.54, 1.807) is 17.2 Å². The predicted molar refractivity (Wildman–Crippen MR) is 156 cm³/mol. The molecular weight excluding hydrogens is 596 g/mol. The molecule has 4 aromatic rings. The van der Waals surface area contributed by atoms with Crippen LogP contribution in [0.2, 0.25) is 0 Å². The maximum atomic E-state index is 16.0. The number of anilines is 1. The Hall–Kier alpha value is -4.95. The fourth-order valence-electron chi connectivity index (χ4n) is 5.78. The van der Waals surface area contributed by atoms with Crippen molar-refractivity contribution in [3.8, 4) is 5.75 Å². The van der Waals surface area contributed by atoms with Gasteiger partial charge in [-0.1, -0.05) is 11.3 Å². The summed E-state index contributed by atoms with van der Waals surface area (Å²) < 4.78 is 65.0. The number of fused-ring (bicyclic) bond motifs is 1. The van der Waals surface area contributed by atoms with Crippen LogP contribution >= 0.6 is 0 Å². The van der Waals surface area contributed by atoms with Crippen molar-refractivity contribution in [1.29, 1.82) is 0 Å². The zero-order valence-corrected chi connectivity index (χ0v) is 24.3. The first-order valence-electron chi connectivity index (χ1n) is 14.4. The third-order valence-electron chi connectivity index (χ3n) is 8.11. The average molecular weight is 627 g/mol. The van der Waals surface area contributed by atoms with Crippen LogP contribution < -0.4 is 9.64 Å². The van der Waals surface area contributed by atoms with Crippen LogP contribution in [0.5, 0.6) is 5.75 Å². The van der Waals surface area contributed by atoms with Crippen molar-refractivity contribution in [3.63, 3.8) is 0 Å². The number of piperazine rings is 1. The summed E-state index contributed by atoms with van der Waals surface area (Å²) in [6.07, 6.45) is 3.65. The van der Waals surface area contributed by atoms with Gasteiger partial charge in [-0.05, 0) is 24.1 Å². The molecule has 1 N–H and O–H groups in total. The monoisotopic (exact) mass is 626 g/mol. The molecule has 2 amide bonds. The van der Waals surface area contributed by atoms with Crippen LogP contribution in [0.3, 0.4) is 0 Å². The van der Waals surface area contributed by atoms with Gasteiger partial charge in [0.15, 0.2) is 17.4 Å². The second-order valence-corrected chi connectivity index (χ2v) is 10.8. The summed E-state index contributed by atoms with van der Waals surface area (Å²) in [5.74, 6) is -1.23. The molecule has 1 aromatic carbocycles. The topological polar surface area (TPSA) is 112 Å². The van der Waals surface area contributed by atoms with E-state index >= 15 is 4.39 Å². The van der Waals surface area contributed by atoms with Gasteiger partial charge in [-0.2, -0.15) is 0 Å². The van der Waals surface area contributed by atoms with Crippen molar-refractivity contribution in [2.75, 3.05) is 51.3 Å². The quantitative estimate of drug-likeness (QED) is 0.294. The number of halogens is 4. The molecule has 0 atom stereocenters. The molecule has 0 unspecified atom stereocenters. The van der Waals surface area contributed by atoms with E-state index in [9.17, 15) is 22.8 Å². The number of hydrogen-bond donors (Lipinski definition) is 1. The molecule has 1 saturated heterocycles. The molecule has 45 heavy (non-hydrogen) atoms. The number of nitrogens with zero attached hydrogens (tertiary/aromatic N) is 7. The lowest BCUT2D eigenvalue weighted by Crippen LogP contribution is -2.49. The van der Waals surface area contributed by atoms with Gasteiger partial charge in [-0.25, -0.2) is 22.5 Å². The second kappa shape index (κ2) is 12.6. The molecule has 2 aliphatic rings. The summed E-state index contributed by atoms with van der Waals surface area (Å²) in [5, 5.41) is 7.48. The van der Waals surface area contributed by atoms with E-state index in [-0.39, 0.29) is 59.9 Å². The lowest BCUT2D eigenvalue weighted by molar-refractivity contribution is -0.131. The number of rotatable bonds is 8. The maximum Gasteiger partial charge on any atom is 0.270 e. The highest BCUT2D eigenvalue weighted by Gasteiger charge is 2.29. The Balaban J connectivity index is 1.20. The Labute approximate surface area is 255 Å². The van der Waals surface area contributed by atoms with E-state index in [0.717, 1.165) is 12.3 Å². The SMILES string of the molecule is COc1cc(F)cnc1N1CCN(C(=O)c2cc3c(C(F)F)cc(C4=CCCN(C(=O)CCn5ccnn5)C4)c(F)c3[nH]2)CC1. The van der Waals surface area contributed by atoms with Gasteiger partial charge in [-0.15, -0.1) is 5.10 Å². The van der Waals surface area contributed by atoms with Gasteiger partial charge in [0.1, 0.15) is 11.5 Å². The zero-order valence-electron chi connectivity index (χ0n) is 24.3. The summed E-state index contributed by atoms with van der Waals surface area (Å²) in [7, 11) is 1.41. The van der Waals surface area contributed by atoms with Crippen molar-refractivity contribution in [3.05, 3.63) is 71.3 Å². The van der Waals surface area contributed by atoms with Gasteiger partial charge < -0.3 is 24.4 Å². The molecule has 2 aliphatic heterocycles. The number of aryl methyl sites for hydroxylation is 1. The average Bonchev–Trinajstić information content (AvgIpc) is 3.75. The van der Waals surface area contributed by atoms with E-state index in [1.807, 2.05) is 4.90 Å². The van der Waals surface area contributed by atoms with Crippen LogP contribution in [0.25, 0.3) is 16.5 Å². The number of nitrogens with one attached hydrogen (secondary N) is 1. The molecule has 5 heterocycles. The fraction of sp³-hybridized carbons (Fsp3) is 0.367. The molecule has 0 spiro atoms. The van der Waals surface area contributed by atoms with Crippen LogP contribution in [0.15, 0.2) is 42.9 Å². The number of amides is 2. The number of ether oxygens (including phenoxy) is 1. The summed E-state index contributed by atoms with van der Waals surface area (Å²) >= 11 is 0. The number of H-pyrrole nitrogens is 1. The number of alkyl halides is 2. The first-order chi connectivity index (χ1) is 21.7. The van der Waals surface area contributed by atoms with Crippen molar-refractivity contribution >= 4 is 34.1 Å². The minimum atomic E-state index is -2.93. The molecule has 11 nitrogen and oxygen atoms in total. The Bertz CT molecular complexity index is 1750. The number of hydrogen-bond acceptors (Lipinski definition) is 7.